The van der Waals surface area contributed by atoms with E-state index >= 15 is 0 Å². The molecule has 5 heteroatoms. The number of hydrogen-bond donors (Lipinski definition) is 0. The Labute approximate surface area is 269 Å². The van der Waals surface area contributed by atoms with Crippen LogP contribution in [0.4, 0.5) is 25.8 Å². The Morgan fingerprint density at radius 1 is 0.404 bits per heavy atom. The summed E-state index contributed by atoms with van der Waals surface area (Å²) in [4.78, 5) is 2.29. The van der Waals surface area contributed by atoms with Crippen molar-refractivity contribution >= 4 is 60.7 Å². The van der Waals surface area contributed by atoms with Gasteiger partial charge in [0.1, 0.15) is 11.6 Å². The van der Waals surface area contributed by atoms with Crippen molar-refractivity contribution in [3.8, 4) is 11.4 Å². The minimum absolute atomic E-state index is 0.285. The van der Waals surface area contributed by atoms with Crippen LogP contribution >= 0.6 is 0 Å². The van der Waals surface area contributed by atoms with Crippen LogP contribution in [0.2, 0.25) is 0 Å². The Kier molecular flexibility index (Phi) is 6.18. The number of nitrogens with zero attached hydrogens (tertiary/aromatic N) is 3. The van der Waals surface area contributed by atoms with E-state index in [1.165, 1.54) is 12.1 Å². The van der Waals surface area contributed by atoms with Crippen LogP contribution in [0.3, 0.4) is 0 Å². The fourth-order valence-electron chi connectivity index (χ4n) is 7.13. The number of fused-ring (bicyclic) bond motifs is 6. The van der Waals surface area contributed by atoms with Crippen molar-refractivity contribution in [2.75, 3.05) is 4.90 Å². The van der Waals surface area contributed by atoms with Gasteiger partial charge >= 0.3 is 0 Å². The topological polar surface area (TPSA) is 13.1 Å². The highest BCUT2D eigenvalue weighted by atomic mass is 19.1. The van der Waals surface area contributed by atoms with Gasteiger partial charge in [0.25, 0.3) is 0 Å². The van der Waals surface area contributed by atoms with Crippen molar-refractivity contribution in [2.24, 2.45) is 0 Å². The minimum Gasteiger partial charge on any atom is -0.309 e. The van der Waals surface area contributed by atoms with E-state index in [0.717, 1.165) is 72.0 Å². The molecule has 0 radical (unpaired) electrons. The Bertz CT molecular complexity index is 2620. The first-order valence-electron chi connectivity index (χ1n) is 15.6. The van der Waals surface area contributed by atoms with Crippen molar-refractivity contribution in [3.63, 3.8) is 0 Å². The molecular formula is C42H27F2N3. The van der Waals surface area contributed by atoms with Crippen molar-refractivity contribution in [1.29, 1.82) is 0 Å². The summed E-state index contributed by atoms with van der Waals surface area (Å²) >= 11 is 0. The molecule has 0 saturated carbocycles. The van der Waals surface area contributed by atoms with E-state index < -0.39 is 0 Å². The number of rotatable bonds is 5. The fraction of sp³-hybridized carbons (Fsp3) is 0. The number of benzene rings is 7. The highest BCUT2D eigenvalue weighted by molar-refractivity contribution is 6.19. The van der Waals surface area contributed by atoms with Gasteiger partial charge in [-0.25, -0.2) is 8.78 Å². The van der Waals surface area contributed by atoms with Crippen LogP contribution in [-0.4, -0.2) is 9.13 Å². The van der Waals surface area contributed by atoms with Crippen LogP contribution < -0.4 is 4.90 Å². The van der Waals surface area contributed by atoms with Gasteiger partial charge in [0.15, 0.2) is 0 Å². The monoisotopic (exact) mass is 611 g/mol. The summed E-state index contributed by atoms with van der Waals surface area (Å²) in [5, 5.41) is 4.25. The maximum Gasteiger partial charge on any atom is 0.125 e. The van der Waals surface area contributed by atoms with Crippen LogP contribution in [0.25, 0.3) is 55.0 Å². The summed E-state index contributed by atoms with van der Waals surface area (Å²) in [7, 11) is 0. The molecule has 0 bridgehead atoms. The molecule has 0 amide bonds. The number of para-hydroxylation sites is 4. The summed E-state index contributed by atoms with van der Waals surface area (Å²) < 4.78 is 33.7. The van der Waals surface area contributed by atoms with Crippen LogP contribution in [-0.2, 0) is 0 Å². The van der Waals surface area contributed by atoms with E-state index in [4.69, 9.17) is 0 Å². The van der Waals surface area contributed by atoms with Crippen LogP contribution in [0.1, 0.15) is 0 Å². The first kappa shape index (κ1) is 27.1. The number of hydrogen-bond acceptors (Lipinski definition) is 1. The highest BCUT2D eigenvalue weighted by Crippen LogP contribution is 2.47. The van der Waals surface area contributed by atoms with E-state index in [2.05, 4.69) is 86.8 Å². The lowest BCUT2D eigenvalue weighted by molar-refractivity contribution is 0.626. The molecule has 0 spiro atoms. The summed E-state index contributed by atoms with van der Waals surface area (Å²) in [5.74, 6) is -0.576. The largest absolute Gasteiger partial charge is 0.309 e. The van der Waals surface area contributed by atoms with Gasteiger partial charge in [-0.15, -0.1) is 0 Å². The molecule has 0 aliphatic carbocycles. The quantitative estimate of drug-likeness (QED) is 0.189. The molecule has 2 heterocycles. The molecule has 0 saturated heterocycles. The predicted molar refractivity (Wildman–Crippen MR) is 190 cm³/mol. The summed E-state index contributed by atoms with van der Waals surface area (Å²) in [5.41, 5.74) is 8.32. The predicted octanol–water partition coefficient (Wildman–Crippen LogP) is 11.6. The summed E-state index contributed by atoms with van der Waals surface area (Å²) in [6.45, 7) is 0. The highest BCUT2D eigenvalue weighted by Gasteiger charge is 2.25. The Balaban J connectivity index is 1.43. The molecule has 9 aromatic rings. The second-order valence-electron chi connectivity index (χ2n) is 11.7. The van der Waals surface area contributed by atoms with Gasteiger partial charge in [-0.05, 0) is 78.9 Å². The number of aromatic nitrogens is 2. The lowest BCUT2D eigenvalue weighted by Crippen LogP contribution is -2.12. The molecular weight excluding hydrogens is 584 g/mol. The van der Waals surface area contributed by atoms with Gasteiger partial charge in [-0.3, -0.25) is 0 Å². The number of halogens is 2. The summed E-state index contributed by atoms with van der Waals surface area (Å²) in [6.07, 6.45) is 0. The Morgan fingerprint density at radius 2 is 0.936 bits per heavy atom. The molecule has 7 aromatic carbocycles. The maximum absolute atomic E-state index is 14.8. The van der Waals surface area contributed by atoms with E-state index in [1.807, 2.05) is 54.6 Å². The van der Waals surface area contributed by atoms with Gasteiger partial charge in [0.05, 0.1) is 33.4 Å². The molecule has 3 nitrogen and oxygen atoms in total. The smallest absolute Gasteiger partial charge is 0.125 e. The van der Waals surface area contributed by atoms with E-state index in [9.17, 15) is 8.78 Å². The normalized spacial score (nSPS) is 11.6. The van der Waals surface area contributed by atoms with Gasteiger partial charge in [-0.1, -0.05) is 84.9 Å². The van der Waals surface area contributed by atoms with Crippen molar-refractivity contribution in [3.05, 3.63) is 175 Å². The van der Waals surface area contributed by atoms with Crippen LogP contribution in [0, 0.1) is 11.6 Å². The molecule has 2 aromatic heterocycles. The Hall–Kier alpha value is -6.20. The lowest BCUT2D eigenvalue weighted by Gasteiger charge is -2.28. The number of anilines is 3. The van der Waals surface area contributed by atoms with E-state index in [1.54, 1.807) is 24.3 Å². The van der Waals surface area contributed by atoms with E-state index in [-0.39, 0.29) is 11.6 Å². The molecule has 47 heavy (non-hydrogen) atoms. The standard InChI is InChI=1S/C42H27F2N3/c43-28-12-8-16-31(26-28)46-37-22-7-5-19-35(37)41-38(23-11-24-39(41)46)45(30-14-2-1-3-15-30)40-25-10-20-34-33-18-4-6-21-36(33)47(42(34)40)32-17-9-13-29(44)27-32/h1-27H. The molecule has 9 rings (SSSR count). The van der Waals surface area contributed by atoms with Gasteiger partial charge < -0.3 is 14.0 Å². The first-order chi connectivity index (χ1) is 23.2. The average Bonchev–Trinajstić information content (AvgIpc) is 3.63. The SMILES string of the molecule is Fc1cccc(-n2c3ccccc3c3c(N(c4ccccc4)c4cccc5c6ccccc6n(-c6cccc(F)c6)c45)cccc32)c1. The van der Waals surface area contributed by atoms with Crippen LogP contribution in [0.15, 0.2) is 164 Å². The molecule has 0 fully saturated rings. The summed E-state index contributed by atoms with van der Waals surface area (Å²) in [6, 6.07) is 53.0. The Morgan fingerprint density at radius 3 is 1.66 bits per heavy atom. The zero-order valence-electron chi connectivity index (χ0n) is 25.2. The molecule has 0 N–H and O–H groups in total. The zero-order chi connectivity index (χ0) is 31.5. The van der Waals surface area contributed by atoms with Gasteiger partial charge in [0.2, 0.25) is 0 Å². The second-order valence-corrected chi connectivity index (χ2v) is 11.7. The average molecular weight is 612 g/mol. The van der Waals surface area contributed by atoms with Gasteiger partial charge in [-0.2, -0.15) is 0 Å². The molecule has 0 unspecified atom stereocenters. The van der Waals surface area contributed by atoms with Crippen molar-refractivity contribution in [1.82, 2.24) is 9.13 Å². The second kappa shape index (κ2) is 10.7. The minimum atomic E-state index is -0.291. The zero-order valence-corrected chi connectivity index (χ0v) is 25.2. The molecule has 0 atom stereocenters. The maximum atomic E-state index is 14.8. The first-order valence-corrected chi connectivity index (χ1v) is 15.6. The van der Waals surface area contributed by atoms with Crippen LogP contribution in [0.5, 0.6) is 0 Å². The van der Waals surface area contributed by atoms with Gasteiger partial charge in [0, 0.05) is 38.6 Å². The third kappa shape index (κ3) is 4.24. The molecule has 0 aliphatic rings. The third-order valence-electron chi connectivity index (χ3n) is 8.98. The lowest BCUT2D eigenvalue weighted by atomic mass is 10.1. The van der Waals surface area contributed by atoms with Crippen molar-refractivity contribution in [2.45, 2.75) is 0 Å². The molecule has 224 valence electrons. The van der Waals surface area contributed by atoms with Crippen molar-refractivity contribution < 1.29 is 8.78 Å². The fourth-order valence-corrected chi connectivity index (χ4v) is 7.13. The third-order valence-corrected chi connectivity index (χ3v) is 8.98. The van der Waals surface area contributed by atoms with E-state index in [0.29, 0.717) is 0 Å². The molecule has 0 aliphatic heterocycles.